The van der Waals surface area contributed by atoms with Crippen molar-refractivity contribution in [1.82, 2.24) is 5.32 Å². The van der Waals surface area contributed by atoms with Gasteiger partial charge in [0.05, 0.1) is 0 Å². The number of nitrogens with one attached hydrogen (secondary N) is 1. The van der Waals surface area contributed by atoms with Crippen molar-refractivity contribution in [1.29, 1.82) is 0 Å². The molecule has 2 nitrogen and oxygen atoms in total. The van der Waals surface area contributed by atoms with Gasteiger partial charge in [0.2, 0.25) is 0 Å². The SMILES string of the molecule is CCCCCC(C)NCc1ccc(N)cc1. The van der Waals surface area contributed by atoms with E-state index in [2.05, 4.69) is 31.3 Å². The molecule has 0 bridgehead atoms. The average molecular weight is 220 g/mol. The maximum absolute atomic E-state index is 5.64. The molecule has 3 N–H and O–H groups in total. The predicted octanol–water partition coefficient (Wildman–Crippen LogP) is 3.33. The molecule has 0 saturated heterocycles. The van der Waals surface area contributed by atoms with Gasteiger partial charge in [-0.3, -0.25) is 0 Å². The number of hydrogen-bond acceptors (Lipinski definition) is 2. The molecule has 1 aromatic rings. The minimum absolute atomic E-state index is 0.601. The van der Waals surface area contributed by atoms with Gasteiger partial charge in [0.15, 0.2) is 0 Å². The first-order chi connectivity index (χ1) is 7.72. The molecule has 1 rings (SSSR count). The summed E-state index contributed by atoms with van der Waals surface area (Å²) in [4.78, 5) is 0. The molecular formula is C14H24N2. The average Bonchev–Trinajstić information content (AvgIpc) is 2.29. The molecule has 0 aliphatic carbocycles. The Morgan fingerprint density at radius 1 is 1.19 bits per heavy atom. The number of anilines is 1. The van der Waals surface area contributed by atoms with E-state index in [1.807, 2.05) is 12.1 Å². The lowest BCUT2D eigenvalue weighted by molar-refractivity contribution is 0.487. The predicted molar refractivity (Wildman–Crippen MR) is 71.3 cm³/mol. The Balaban J connectivity index is 2.20. The highest BCUT2D eigenvalue weighted by Gasteiger charge is 2.00. The van der Waals surface area contributed by atoms with Crippen molar-refractivity contribution in [2.45, 2.75) is 52.1 Å². The molecule has 1 aromatic carbocycles. The topological polar surface area (TPSA) is 38.0 Å². The van der Waals surface area contributed by atoms with Gasteiger partial charge in [-0.1, -0.05) is 38.3 Å². The van der Waals surface area contributed by atoms with Gasteiger partial charge in [-0.25, -0.2) is 0 Å². The zero-order valence-electron chi connectivity index (χ0n) is 10.5. The Kier molecular flexibility index (Phi) is 5.94. The highest BCUT2D eigenvalue weighted by molar-refractivity contribution is 5.39. The first kappa shape index (κ1) is 13.0. The maximum Gasteiger partial charge on any atom is 0.0314 e. The summed E-state index contributed by atoms with van der Waals surface area (Å²) in [5.41, 5.74) is 7.78. The third-order valence-electron chi connectivity index (χ3n) is 2.88. The summed E-state index contributed by atoms with van der Waals surface area (Å²) in [6, 6.07) is 8.68. The molecule has 2 heteroatoms. The van der Waals surface area contributed by atoms with Gasteiger partial charge >= 0.3 is 0 Å². The van der Waals surface area contributed by atoms with E-state index in [0.29, 0.717) is 6.04 Å². The second-order valence-corrected chi connectivity index (χ2v) is 4.52. The molecule has 0 heterocycles. The van der Waals surface area contributed by atoms with Gasteiger partial charge in [-0.2, -0.15) is 0 Å². The fraction of sp³-hybridized carbons (Fsp3) is 0.571. The largest absolute Gasteiger partial charge is 0.399 e. The molecule has 0 radical (unpaired) electrons. The van der Waals surface area contributed by atoms with E-state index in [1.54, 1.807) is 0 Å². The monoisotopic (exact) mass is 220 g/mol. The lowest BCUT2D eigenvalue weighted by Crippen LogP contribution is -2.25. The van der Waals surface area contributed by atoms with Crippen LogP contribution in [0, 0.1) is 0 Å². The van der Waals surface area contributed by atoms with Crippen molar-refractivity contribution in [2.24, 2.45) is 0 Å². The second kappa shape index (κ2) is 7.29. The van der Waals surface area contributed by atoms with E-state index in [4.69, 9.17) is 5.73 Å². The number of nitrogen functional groups attached to an aromatic ring is 1. The highest BCUT2D eigenvalue weighted by Crippen LogP contribution is 2.07. The van der Waals surface area contributed by atoms with Crippen LogP contribution >= 0.6 is 0 Å². The molecular weight excluding hydrogens is 196 g/mol. The standard InChI is InChI=1S/C14H24N2/c1-3-4-5-6-12(2)16-11-13-7-9-14(15)10-8-13/h7-10,12,16H,3-6,11,15H2,1-2H3. The van der Waals surface area contributed by atoms with Gasteiger partial charge in [-0.15, -0.1) is 0 Å². The number of benzene rings is 1. The zero-order valence-corrected chi connectivity index (χ0v) is 10.5. The van der Waals surface area contributed by atoms with Crippen molar-refractivity contribution < 1.29 is 0 Å². The van der Waals surface area contributed by atoms with E-state index in [9.17, 15) is 0 Å². The smallest absolute Gasteiger partial charge is 0.0314 e. The maximum atomic E-state index is 5.64. The van der Waals surface area contributed by atoms with Crippen LogP contribution < -0.4 is 11.1 Å². The van der Waals surface area contributed by atoms with E-state index < -0.39 is 0 Å². The summed E-state index contributed by atoms with van der Waals surface area (Å²) < 4.78 is 0. The Labute approximate surface area is 99.2 Å². The first-order valence-corrected chi connectivity index (χ1v) is 6.30. The van der Waals surface area contributed by atoms with Crippen LogP contribution in [0.15, 0.2) is 24.3 Å². The fourth-order valence-corrected chi connectivity index (χ4v) is 1.73. The summed E-state index contributed by atoms with van der Waals surface area (Å²) >= 11 is 0. The van der Waals surface area contributed by atoms with Crippen molar-refractivity contribution in [3.05, 3.63) is 29.8 Å². The molecule has 0 spiro atoms. The molecule has 1 atom stereocenters. The summed E-state index contributed by atoms with van der Waals surface area (Å²) in [6.07, 6.45) is 5.23. The summed E-state index contributed by atoms with van der Waals surface area (Å²) in [7, 11) is 0. The fourth-order valence-electron chi connectivity index (χ4n) is 1.73. The van der Waals surface area contributed by atoms with Crippen molar-refractivity contribution in [3.8, 4) is 0 Å². The Morgan fingerprint density at radius 2 is 1.88 bits per heavy atom. The molecule has 0 aromatic heterocycles. The van der Waals surface area contributed by atoms with Gasteiger partial charge < -0.3 is 11.1 Å². The van der Waals surface area contributed by atoms with Gasteiger partial charge in [0, 0.05) is 18.3 Å². The van der Waals surface area contributed by atoms with Gasteiger partial charge in [0.25, 0.3) is 0 Å². The van der Waals surface area contributed by atoms with Crippen LogP contribution in [0.4, 0.5) is 5.69 Å². The summed E-state index contributed by atoms with van der Waals surface area (Å²) in [5, 5.41) is 3.54. The second-order valence-electron chi connectivity index (χ2n) is 4.52. The Bertz CT molecular complexity index is 279. The Hall–Kier alpha value is -1.02. The number of unbranched alkanes of at least 4 members (excludes halogenated alkanes) is 2. The minimum Gasteiger partial charge on any atom is -0.399 e. The van der Waals surface area contributed by atoms with Crippen LogP contribution in [-0.4, -0.2) is 6.04 Å². The third kappa shape index (κ3) is 5.17. The van der Waals surface area contributed by atoms with Crippen LogP contribution in [0.2, 0.25) is 0 Å². The van der Waals surface area contributed by atoms with Crippen LogP contribution in [0.1, 0.15) is 45.1 Å². The van der Waals surface area contributed by atoms with Crippen LogP contribution in [0.3, 0.4) is 0 Å². The van der Waals surface area contributed by atoms with Gasteiger partial charge in [-0.05, 0) is 31.0 Å². The number of rotatable bonds is 7. The van der Waals surface area contributed by atoms with E-state index in [-0.39, 0.29) is 0 Å². The van der Waals surface area contributed by atoms with Crippen molar-refractivity contribution >= 4 is 5.69 Å². The molecule has 0 saturated carbocycles. The molecule has 0 fully saturated rings. The first-order valence-electron chi connectivity index (χ1n) is 6.30. The lowest BCUT2D eigenvalue weighted by atomic mass is 10.1. The normalized spacial score (nSPS) is 12.6. The molecule has 90 valence electrons. The third-order valence-corrected chi connectivity index (χ3v) is 2.88. The molecule has 16 heavy (non-hydrogen) atoms. The van der Waals surface area contributed by atoms with Crippen molar-refractivity contribution in [3.63, 3.8) is 0 Å². The highest BCUT2D eigenvalue weighted by atomic mass is 14.9. The molecule has 0 aliphatic heterocycles. The van der Waals surface area contributed by atoms with Crippen LogP contribution in [0.5, 0.6) is 0 Å². The minimum atomic E-state index is 0.601. The van der Waals surface area contributed by atoms with Gasteiger partial charge in [0.1, 0.15) is 0 Å². The van der Waals surface area contributed by atoms with E-state index >= 15 is 0 Å². The van der Waals surface area contributed by atoms with Crippen molar-refractivity contribution in [2.75, 3.05) is 5.73 Å². The molecule has 0 amide bonds. The molecule has 0 aliphatic rings. The van der Waals surface area contributed by atoms with Crippen LogP contribution in [0.25, 0.3) is 0 Å². The number of nitrogens with two attached hydrogens (primary N) is 1. The zero-order chi connectivity index (χ0) is 11.8. The number of hydrogen-bond donors (Lipinski definition) is 2. The van der Waals surface area contributed by atoms with E-state index in [1.165, 1.54) is 31.2 Å². The quantitative estimate of drug-likeness (QED) is 0.546. The van der Waals surface area contributed by atoms with E-state index in [0.717, 1.165) is 12.2 Å². The Morgan fingerprint density at radius 3 is 2.50 bits per heavy atom. The summed E-state index contributed by atoms with van der Waals surface area (Å²) in [6.45, 7) is 5.44. The summed E-state index contributed by atoms with van der Waals surface area (Å²) in [5.74, 6) is 0. The molecule has 1 unspecified atom stereocenters. The lowest BCUT2D eigenvalue weighted by Gasteiger charge is -2.13. The van der Waals surface area contributed by atoms with Crippen LogP contribution in [-0.2, 0) is 6.54 Å².